The summed E-state index contributed by atoms with van der Waals surface area (Å²) in [7, 11) is 3.14. The molecule has 0 aliphatic carbocycles. The number of rotatable bonds is 6. The number of para-hydroxylation sites is 1. The van der Waals surface area contributed by atoms with Crippen molar-refractivity contribution in [2.75, 3.05) is 32.6 Å². The molecule has 1 aliphatic rings. The van der Waals surface area contributed by atoms with Crippen molar-refractivity contribution in [1.82, 2.24) is 4.90 Å². The van der Waals surface area contributed by atoms with E-state index in [0.717, 1.165) is 37.9 Å². The Hall–Kier alpha value is -3.28. The Kier molecular flexibility index (Phi) is 6.89. The lowest BCUT2D eigenvalue weighted by molar-refractivity contribution is -0.111. The highest BCUT2D eigenvalue weighted by molar-refractivity contribution is 6.07. The molecule has 2 amide bonds. The minimum atomic E-state index is -0.307. The van der Waals surface area contributed by atoms with Crippen LogP contribution in [-0.4, -0.2) is 44.0 Å². The van der Waals surface area contributed by atoms with Crippen LogP contribution in [0.5, 0.6) is 11.5 Å². The molecular weight excluding hydrogens is 368 g/mol. The number of carbonyl (C=O) groups is 2. The Labute approximate surface area is 171 Å². The van der Waals surface area contributed by atoms with Gasteiger partial charge in [-0.05, 0) is 55.2 Å². The van der Waals surface area contributed by atoms with E-state index in [-0.39, 0.29) is 11.8 Å². The van der Waals surface area contributed by atoms with Gasteiger partial charge in [-0.1, -0.05) is 18.2 Å². The number of nitrogens with zero attached hydrogens (tertiary/aromatic N) is 1. The van der Waals surface area contributed by atoms with Gasteiger partial charge in [-0.15, -0.1) is 0 Å². The topological polar surface area (TPSA) is 67.9 Å². The molecule has 6 heteroatoms. The fourth-order valence-corrected chi connectivity index (χ4v) is 3.35. The molecule has 0 bridgehead atoms. The average Bonchev–Trinajstić information content (AvgIpc) is 2.78. The Bertz CT molecular complexity index is 902. The number of benzene rings is 2. The molecule has 1 fully saturated rings. The van der Waals surface area contributed by atoms with Crippen LogP contribution in [0.25, 0.3) is 6.08 Å². The summed E-state index contributed by atoms with van der Waals surface area (Å²) in [4.78, 5) is 27.1. The van der Waals surface area contributed by atoms with Gasteiger partial charge in [0.25, 0.3) is 5.91 Å². The van der Waals surface area contributed by atoms with Crippen LogP contribution in [-0.2, 0) is 4.79 Å². The minimum absolute atomic E-state index is 0.0375. The van der Waals surface area contributed by atoms with Gasteiger partial charge in [-0.3, -0.25) is 9.59 Å². The molecule has 0 spiro atoms. The van der Waals surface area contributed by atoms with E-state index < -0.39 is 0 Å². The lowest BCUT2D eigenvalue weighted by Crippen LogP contribution is -2.36. The first-order valence-electron chi connectivity index (χ1n) is 9.72. The predicted octanol–water partition coefficient (Wildman–Crippen LogP) is 3.98. The van der Waals surface area contributed by atoms with Crippen molar-refractivity contribution >= 4 is 23.6 Å². The van der Waals surface area contributed by atoms with E-state index in [4.69, 9.17) is 9.47 Å². The Morgan fingerprint density at radius 3 is 2.41 bits per heavy atom. The molecule has 3 rings (SSSR count). The smallest absolute Gasteiger partial charge is 0.255 e. The molecular formula is C23H26N2O4. The number of anilines is 1. The second-order valence-corrected chi connectivity index (χ2v) is 6.84. The summed E-state index contributed by atoms with van der Waals surface area (Å²) in [6, 6.07) is 12.5. The third kappa shape index (κ3) is 5.16. The third-order valence-corrected chi connectivity index (χ3v) is 4.89. The fraction of sp³-hybridized carbons (Fsp3) is 0.304. The van der Waals surface area contributed by atoms with Crippen LogP contribution in [0.2, 0.25) is 0 Å². The van der Waals surface area contributed by atoms with E-state index in [1.165, 1.54) is 6.08 Å². The molecule has 0 aromatic heterocycles. The lowest BCUT2D eigenvalue weighted by Gasteiger charge is -2.27. The molecule has 1 saturated heterocycles. The normalized spacial score (nSPS) is 13.9. The summed E-state index contributed by atoms with van der Waals surface area (Å²) in [5, 5.41) is 2.82. The number of ether oxygens (including phenoxy) is 2. The third-order valence-electron chi connectivity index (χ3n) is 4.89. The molecule has 1 heterocycles. The maximum atomic E-state index is 12.8. The first kappa shape index (κ1) is 20.5. The predicted molar refractivity (Wildman–Crippen MR) is 113 cm³/mol. The van der Waals surface area contributed by atoms with Gasteiger partial charge in [0.2, 0.25) is 5.91 Å². The van der Waals surface area contributed by atoms with Gasteiger partial charge in [-0.25, -0.2) is 0 Å². The van der Waals surface area contributed by atoms with Crippen molar-refractivity contribution in [1.29, 1.82) is 0 Å². The SMILES string of the molecule is COc1ccc(C=CC(=O)Nc2ccccc2C(=O)N2CCCCC2)cc1OC. The summed E-state index contributed by atoms with van der Waals surface area (Å²) in [5.74, 6) is 0.870. The number of piperidine rings is 1. The highest BCUT2D eigenvalue weighted by Gasteiger charge is 2.20. The zero-order valence-electron chi connectivity index (χ0n) is 16.8. The molecule has 152 valence electrons. The second-order valence-electron chi connectivity index (χ2n) is 6.84. The van der Waals surface area contributed by atoms with Gasteiger partial charge in [0.1, 0.15) is 0 Å². The summed E-state index contributed by atoms with van der Waals surface area (Å²) in [5.41, 5.74) is 1.84. The maximum absolute atomic E-state index is 12.8. The van der Waals surface area contributed by atoms with Gasteiger partial charge in [0, 0.05) is 19.2 Å². The quantitative estimate of drug-likeness (QED) is 0.753. The van der Waals surface area contributed by atoms with Crippen LogP contribution < -0.4 is 14.8 Å². The molecule has 0 atom stereocenters. The zero-order chi connectivity index (χ0) is 20.6. The minimum Gasteiger partial charge on any atom is -0.493 e. The number of carbonyl (C=O) groups excluding carboxylic acids is 2. The van der Waals surface area contributed by atoms with E-state index in [1.807, 2.05) is 17.0 Å². The van der Waals surface area contributed by atoms with Crippen molar-refractivity contribution in [3.05, 3.63) is 59.7 Å². The second kappa shape index (κ2) is 9.78. The molecule has 29 heavy (non-hydrogen) atoms. The summed E-state index contributed by atoms with van der Waals surface area (Å²) < 4.78 is 10.5. The van der Waals surface area contributed by atoms with Crippen molar-refractivity contribution in [2.24, 2.45) is 0 Å². The van der Waals surface area contributed by atoms with Crippen LogP contribution in [0.15, 0.2) is 48.5 Å². The van der Waals surface area contributed by atoms with Crippen LogP contribution >= 0.6 is 0 Å². The zero-order valence-corrected chi connectivity index (χ0v) is 16.8. The molecule has 0 radical (unpaired) electrons. The Morgan fingerprint density at radius 2 is 1.69 bits per heavy atom. The molecule has 6 nitrogen and oxygen atoms in total. The van der Waals surface area contributed by atoms with Crippen LogP contribution in [0.4, 0.5) is 5.69 Å². The standard InChI is InChI=1S/C23H26N2O4/c1-28-20-12-10-17(16-21(20)29-2)11-13-22(26)24-19-9-5-4-8-18(19)23(27)25-14-6-3-7-15-25/h4-5,8-13,16H,3,6-7,14-15H2,1-2H3,(H,24,26). The largest absolute Gasteiger partial charge is 0.493 e. The van der Waals surface area contributed by atoms with Crippen LogP contribution in [0.1, 0.15) is 35.2 Å². The van der Waals surface area contributed by atoms with Crippen molar-refractivity contribution < 1.29 is 19.1 Å². The summed E-state index contributed by atoms with van der Waals surface area (Å²) in [6.07, 6.45) is 6.32. The molecule has 0 unspecified atom stereocenters. The van der Waals surface area contributed by atoms with Gasteiger partial charge in [-0.2, -0.15) is 0 Å². The number of nitrogens with one attached hydrogen (secondary N) is 1. The lowest BCUT2D eigenvalue weighted by atomic mass is 10.1. The van der Waals surface area contributed by atoms with Crippen LogP contribution in [0.3, 0.4) is 0 Å². The maximum Gasteiger partial charge on any atom is 0.255 e. The number of methoxy groups -OCH3 is 2. The van der Waals surface area contributed by atoms with Gasteiger partial charge >= 0.3 is 0 Å². The van der Waals surface area contributed by atoms with Gasteiger partial charge in [0.15, 0.2) is 11.5 Å². The highest BCUT2D eigenvalue weighted by atomic mass is 16.5. The van der Waals surface area contributed by atoms with E-state index in [2.05, 4.69) is 5.32 Å². The molecule has 1 N–H and O–H groups in total. The molecule has 0 saturated carbocycles. The summed E-state index contributed by atoms with van der Waals surface area (Å²) >= 11 is 0. The summed E-state index contributed by atoms with van der Waals surface area (Å²) in [6.45, 7) is 1.53. The van der Waals surface area contributed by atoms with Gasteiger partial charge < -0.3 is 19.7 Å². The van der Waals surface area contributed by atoms with E-state index in [0.29, 0.717) is 22.7 Å². The highest BCUT2D eigenvalue weighted by Crippen LogP contribution is 2.28. The van der Waals surface area contributed by atoms with Crippen molar-refractivity contribution in [3.63, 3.8) is 0 Å². The molecule has 2 aromatic rings. The first-order valence-corrected chi connectivity index (χ1v) is 9.72. The van der Waals surface area contributed by atoms with E-state index >= 15 is 0 Å². The van der Waals surface area contributed by atoms with Gasteiger partial charge in [0.05, 0.1) is 25.5 Å². The first-order chi connectivity index (χ1) is 14.1. The van der Waals surface area contributed by atoms with Crippen molar-refractivity contribution in [2.45, 2.75) is 19.3 Å². The molecule has 2 aromatic carbocycles. The number of hydrogen-bond acceptors (Lipinski definition) is 4. The van der Waals surface area contributed by atoms with Crippen molar-refractivity contribution in [3.8, 4) is 11.5 Å². The average molecular weight is 394 g/mol. The number of likely N-dealkylation sites (tertiary alicyclic amines) is 1. The van der Waals surface area contributed by atoms with Crippen LogP contribution in [0, 0.1) is 0 Å². The Morgan fingerprint density at radius 1 is 0.966 bits per heavy atom. The molecule has 1 aliphatic heterocycles. The van der Waals surface area contributed by atoms with E-state index in [1.54, 1.807) is 50.6 Å². The number of hydrogen-bond donors (Lipinski definition) is 1. The Balaban J connectivity index is 1.71. The number of amides is 2. The van der Waals surface area contributed by atoms with E-state index in [9.17, 15) is 9.59 Å². The fourth-order valence-electron chi connectivity index (χ4n) is 3.35. The monoisotopic (exact) mass is 394 g/mol.